The number of hydrogen-bond donors (Lipinski definition) is 0. The number of halogens is 2. The molecule has 0 aromatic heterocycles. The van der Waals surface area contributed by atoms with Crippen LogP contribution in [-0.4, -0.2) is 18.0 Å². The van der Waals surface area contributed by atoms with E-state index in [2.05, 4.69) is 6.07 Å². The minimum absolute atomic E-state index is 0.141. The van der Waals surface area contributed by atoms with Crippen molar-refractivity contribution in [2.45, 2.75) is 13.8 Å². The molecule has 5 nitrogen and oxygen atoms in total. The Hall–Kier alpha value is -1.43. The third-order valence-corrected chi connectivity index (χ3v) is 3.48. The molecule has 0 N–H and O–H groups in total. The highest BCUT2D eigenvalue weighted by Gasteiger charge is 2.22. The lowest BCUT2D eigenvalue weighted by Crippen LogP contribution is -2.28. The number of anilines is 1. The molecule has 1 atom stereocenters. The standard InChI is InChI=1S/C12H13FIN3O2/c1-3-16(7-8(2)6-15)11-4-9(13)10(14)5-12(11)17(18)19/h4-5,8H,3,7H2,1-2H3. The maximum absolute atomic E-state index is 13.6. The fourth-order valence-electron chi connectivity index (χ4n) is 1.69. The first-order valence-corrected chi connectivity index (χ1v) is 6.76. The SMILES string of the molecule is CCN(CC(C)C#N)c1cc(F)c(I)cc1[N+](=O)[O-]. The third kappa shape index (κ3) is 3.76. The maximum atomic E-state index is 13.6. The van der Waals surface area contributed by atoms with Crippen molar-refractivity contribution in [3.05, 3.63) is 31.6 Å². The Morgan fingerprint density at radius 3 is 2.74 bits per heavy atom. The van der Waals surface area contributed by atoms with E-state index >= 15 is 0 Å². The molecule has 19 heavy (non-hydrogen) atoms. The molecule has 1 aromatic carbocycles. The number of hydrogen-bond acceptors (Lipinski definition) is 4. The normalized spacial score (nSPS) is 11.7. The molecule has 0 spiro atoms. The largest absolute Gasteiger partial charge is 0.365 e. The molecule has 7 heteroatoms. The molecule has 1 unspecified atom stereocenters. The van der Waals surface area contributed by atoms with Crippen LogP contribution in [0.4, 0.5) is 15.8 Å². The Labute approximate surface area is 124 Å². The van der Waals surface area contributed by atoms with E-state index in [1.54, 1.807) is 34.4 Å². The molecule has 0 fully saturated rings. The van der Waals surface area contributed by atoms with Crippen molar-refractivity contribution in [2.24, 2.45) is 5.92 Å². The molecule has 1 rings (SSSR count). The fourth-order valence-corrected chi connectivity index (χ4v) is 2.15. The molecule has 102 valence electrons. The van der Waals surface area contributed by atoms with Gasteiger partial charge in [-0.3, -0.25) is 10.1 Å². The van der Waals surface area contributed by atoms with E-state index in [4.69, 9.17) is 5.26 Å². The molecular formula is C12H13FIN3O2. The van der Waals surface area contributed by atoms with Crippen molar-refractivity contribution in [3.63, 3.8) is 0 Å². The summed E-state index contributed by atoms with van der Waals surface area (Å²) in [5, 5.41) is 19.9. The van der Waals surface area contributed by atoms with Gasteiger partial charge in [-0.25, -0.2) is 4.39 Å². The van der Waals surface area contributed by atoms with Gasteiger partial charge in [0.05, 0.1) is 20.5 Å². The minimum atomic E-state index is -0.531. The van der Waals surface area contributed by atoms with Crippen molar-refractivity contribution in [3.8, 4) is 6.07 Å². The summed E-state index contributed by atoms with van der Waals surface area (Å²) in [6.45, 7) is 4.32. The number of nitrogens with zero attached hydrogens (tertiary/aromatic N) is 3. The summed E-state index contributed by atoms with van der Waals surface area (Å²) in [6.07, 6.45) is 0. The summed E-state index contributed by atoms with van der Waals surface area (Å²) in [5.74, 6) is -0.786. The van der Waals surface area contributed by atoms with Gasteiger partial charge in [0.25, 0.3) is 5.69 Å². The summed E-state index contributed by atoms with van der Waals surface area (Å²) < 4.78 is 13.8. The van der Waals surface area contributed by atoms with Gasteiger partial charge < -0.3 is 4.90 Å². The van der Waals surface area contributed by atoms with Crippen molar-refractivity contribution >= 4 is 34.0 Å². The van der Waals surface area contributed by atoms with Crippen LogP contribution in [0.2, 0.25) is 0 Å². The topological polar surface area (TPSA) is 70.2 Å². The van der Waals surface area contributed by atoms with Crippen LogP contribution in [0.5, 0.6) is 0 Å². The van der Waals surface area contributed by atoms with Crippen LogP contribution < -0.4 is 4.90 Å². The average molecular weight is 377 g/mol. The molecule has 0 radical (unpaired) electrons. The van der Waals surface area contributed by atoms with Crippen LogP contribution >= 0.6 is 22.6 Å². The van der Waals surface area contributed by atoms with E-state index in [1.807, 2.05) is 6.92 Å². The molecule has 0 bridgehead atoms. The van der Waals surface area contributed by atoms with E-state index in [0.717, 1.165) is 6.07 Å². The molecule has 0 saturated heterocycles. The van der Waals surface area contributed by atoms with Crippen LogP contribution in [-0.2, 0) is 0 Å². The first-order valence-electron chi connectivity index (χ1n) is 5.68. The van der Waals surface area contributed by atoms with Crippen LogP contribution in [0, 0.1) is 36.8 Å². The van der Waals surface area contributed by atoms with Gasteiger partial charge in [-0.05, 0) is 36.4 Å². The molecule has 0 aliphatic rings. The van der Waals surface area contributed by atoms with Crippen molar-refractivity contribution in [2.75, 3.05) is 18.0 Å². The number of nitro groups is 1. The zero-order valence-corrected chi connectivity index (χ0v) is 12.7. The van der Waals surface area contributed by atoms with Gasteiger partial charge in [-0.15, -0.1) is 0 Å². The summed E-state index contributed by atoms with van der Waals surface area (Å²) in [4.78, 5) is 12.2. The predicted octanol–water partition coefficient (Wildman–Crippen LogP) is 3.32. The van der Waals surface area contributed by atoms with Gasteiger partial charge in [-0.2, -0.15) is 5.26 Å². The molecule has 1 aromatic rings. The van der Waals surface area contributed by atoms with Crippen LogP contribution in [0.1, 0.15) is 13.8 Å². The number of rotatable bonds is 5. The van der Waals surface area contributed by atoms with Gasteiger partial charge in [0.15, 0.2) is 0 Å². The summed E-state index contributed by atoms with van der Waals surface area (Å²) in [5.41, 5.74) is 0.0744. The first-order chi connectivity index (χ1) is 8.90. The van der Waals surface area contributed by atoms with E-state index < -0.39 is 10.7 Å². The van der Waals surface area contributed by atoms with E-state index in [0.29, 0.717) is 13.1 Å². The second-order valence-corrected chi connectivity index (χ2v) is 5.24. The van der Waals surface area contributed by atoms with Crippen LogP contribution in [0.25, 0.3) is 0 Å². The molecule has 0 heterocycles. The van der Waals surface area contributed by atoms with Gasteiger partial charge in [0.2, 0.25) is 0 Å². The molecule has 0 aliphatic carbocycles. The number of nitriles is 1. The van der Waals surface area contributed by atoms with Crippen molar-refractivity contribution < 1.29 is 9.31 Å². The van der Waals surface area contributed by atoms with Crippen molar-refractivity contribution in [1.82, 2.24) is 0 Å². The van der Waals surface area contributed by atoms with Crippen molar-refractivity contribution in [1.29, 1.82) is 5.26 Å². The smallest absolute Gasteiger partial charge is 0.293 e. The minimum Gasteiger partial charge on any atom is -0.365 e. The zero-order chi connectivity index (χ0) is 14.6. The van der Waals surface area contributed by atoms with Gasteiger partial charge in [0, 0.05) is 25.2 Å². The monoisotopic (exact) mass is 377 g/mol. The Bertz CT molecular complexity index is 530. The van der Waals surface area contributed by atoms with Gasteiger partial charge in [-0.1, -0.05) is 0 Å². The van der Waals surface area contributed by atoms with Crippen LogP contribution in [0.3, 0.4) is 0 Å². The van der Waals surface area contributed by atoms with E-state index in [9.17, 15) is 14.5 Å². The summed E-state index contributed by atoms with van der Waals surface area (Å²) in [6, 6.07) is 4.44. The van der Waals surface area contributed by atoms with E-state index in [1.165, 1.54) is 6.07 Å². The summed E-state index contributed by atoms with van der Waals surface area (Å²) >= 11 is 1.72. The highest BCUT2D eigenvalue weighted by atomic mass is 127. The van der Waals surface area contributed by atoms with Crippen LogP contribution in [0.15, 0.2) is 12.1 Å². The third-order valence-electron chi connectivity index (χ3n) is 2.65. The quantitative estimate of drug-likeness (QED) is 0.449. The fraction of sp³-hybridized carbons (Fsp3) is 0.417. The Kier molecular flexibility index (Phi) is 5.47. The Morgan fingerprint density at radius 1 is 1.63 bits per heavy atom. The second kappa shape index (κ2) is 6.65. The van der Waals surface area contributed by atoms with Gasteiger partial charge >= 0.3 is 0 Å². The Morgan fingerprint density at radius 2 is 2.26 bits per heavy atom. The number of nitro benzene ring substituents is 1. The number of benzene rings is 1. The molecule has 0 amide bonds. The average Bonchev–Trinajstić information content (AvgIpc) is 2.38. The highest BCUT2D eigenvalue weighted by Crippen LogP contribution is 2.32. The molecular weight excluding hydrogens is 364 g/mol. The zero-order valence-electron chi connectivity index (χ0n) is 10.6. The lowest BCUT2D eigenvalue weighted by atomic mass is 10.1. The maximum Gasteiger partial charge on any atom is 0.293 e. The van der Waals surface area contributed by atoms with E-state index in [-0.39, 0.29) is 20.9 Å². The molecule has 0 saturated carbocycles. The highest BCUT2D eigenvalue weighted by molar-refractivity contribution is 14.1. The lowest BCUT2D eigenvalue weighted by Gasteiger charge is -2.24. The molecule has 0 aliphatic heterocycles. The second-order valence-electron chi connectivity index (χ2n) is 4.08. The predicted molar refractivity (Wildman–Crippen MR) is 78.4 cm³/mol. The Balaban J connectivity index is 3.26. The van der Waals surface area contributed by atoms with Gasteiger partial charge in [0.1, 0.15) is 11.5 Å². The first kappa shape index (κ1) is 15.6. The summed E-state index contributed by atoms with van der Waals surface area (Å²) in [7, 11) is 0. The lowest BCUT2D eigenvalue weighted by molar-refractivity contribution is -0.384.